The second-order valence-electron chi connectivity index (χ2n) is 6.08. The predicted molar refractivity (Wildman–Crippen MR) is 73.8 cm³/mol. The van der Waals surface area contributed by atoms with Gasteiger partial charge in [0.25, 0.3) is 0 Å². The van der Waals surface area contributed by atoms with Crippen LogP contribution in [0.1, 0.15) is 39.7 Å². The molecule has 5 heteroatoms. The molecule has 1 aliphatic heterocycles. The van der Waals surface area contributed by atoms with E-state index in [4.69, 9.17) is 13.6 Å². The van der Waals surface area contributed by atoms with Crippen LogP contribution in [-0.2, 0) is 24.7 Å². The minimum Gasteiger partial charge on any atom is -0.282 e. The van der Waals surface area contributed by atoms with Crippen molar-refractivity contribution in [3.63, 3.8) is 0 Å². The highest BCUT2D eigenvalue weighted by atomic mass is 31.2. The number of phosphoric ester groups is 1. The first kappa shape index (κ1) is 14.7. The number of hydrogen-bond donors (Lipinski definition) is 0. The Labute approximate surface area is 114 Å². The lowest BCUT2D eigenvalue weighted by molar-refractivity contribution is -0.0906. The van der Waals surface area contributed by atoms with Gasteiger partial charge in [-0.3, -0.25) is 13.6 Å². The van der Waals surface area contributed by atoms with Crippen LogP contribution in [0.15, 0.2) is 30.3 Å². The summed E-state index contributed by atoms with van der Waals surface area (Å²) in [4.78, 5) is 0. The molecule has 0 amide bonds. The van der Waals surface area contributed by atoms with Gasteiger partial charge in [0.15, 0.2) is 0 Å². The minimum absolute atomic E-state index is 0.213. The third-order valence-electron chi connectivity index (χ3n) is 2.80. The van der Waals surface area contributed by atoms with E-state index >= 15 is 0 Å². The molecule has 1 aliphatic rings. The van der Waals surface area contributed by atoms with E-state index < -0.39 is 19.0 Å². The van der Waals surface area contributed by atoms with Crippen LogP contribution in [0.4, 0.5) is 0 Å². The van der Waals surface area contributed by atoms with E-state index in [-0.39, 0.29) is 6.61 Å². The van der Waals surface area contributed by atoms with Gasteiger partial charge in [0.05, 0.1) is 17.8 Å². The van der Waals surface area contributed by atoms with Gasteiger partial charge in [-0.25, -0.2) is 4.57 Å². The lowest BCUT2D eigenvalue weighted by atomic mass is 9.93. The van der Waals surface area contributed by atoms with Crippen molar-refractivity contribution < 1.29 is 18.1 Å². The molecule has 0 spiro atoms. The third-order valence-corrected chi connectivity index (χ3v) is 4.68. The fraction of sp³-hybridized carbons (Fsp3) is 0.571. The summed E-state index contributed by atoms with van der Waals surface area (Å²) < 4.78 is 29.1. The monoisotopic (exact) mass is 284 g/mol. The van der Waals surface area contributed by atoms with E-state index in [1.54, 1.807) is 0 Å². The molecular formula is C14H21O4P. The third kappa shape index (κ3) is 4.15. The number of hydrogen-bond acceptors (Lipinski definition) is 4. The van der Waals surface area contributed by atoms with Gasteiger partial charge in [0, 0.05) is 6.42 Å². The molecule has 0 N–H and O–H groups in total. The molecule has 0 aliphatic carbocycles. The van der Waals surface area contributed by atoms with E-state index in [2.05, 4.69) is 0 Å². The molecule has 19 heavy (non-hydrogen) atoms. The largest absolute Gasteiger partial charge is 0.476 e. The smallest absolute Gasteiger partial charge is 0.282 e. The Bertz CT molecular complexity index is 461. The van der Waals surface area contributed by atoms with Gasteiger partial charge < -0.3 is 0 Å². The lowest BCUT2D eigenvalue weighted by Crippen LogP contribution is -2.41. The predicted octanol–water partition coefficient (Wildman–Crippen LogP) is 4.31. The molecule has 2 rings (SSSR count). The van der Waals surface area contributed by atoms with E-state index in [1.165, 1.54) is 0 Å². The Morgan fingerprint density at radius 2 is 1.63 bits per heavy atom. The molecule has 0 bridgehead atoms. The zero-order valence-electron chi connectivity index (χ0n) is 11.9. The topological polar surface area (TPSA) is 44.8 Å². The van der Waals surface area contributed by atoms with Crippen LogP contribution < -0.4 is 0 Å². The van der Waals surface area contributed by atoms with E-state index in [0.29, 0.717) is 6.42 Å². The van der Waals surface area contributed by atoms with Crippen LogP contribution in [0.5, 0.6) is 0 Å². The summed E-state index contributed by atoms with van der Waals surface area (Å²) in [6.45, 7) is 7.81. The molecule has 0 atom stereocenters. The molecule has 1 fully saturated rings. The Morgan fingerprint density at radius 3 is 2.16 bits per heavy atom. The molecule has 1 aromatic carbocycles. The SMILES string of the molecule is CC1(C)CC(C)(C)OP(=O)(OCc2ccccc2)O1. The summed E-state index contributed by atoms with van der Waals surface area (Å²) in [6, 6.07) is 9.56. The van der Waals surface area contributed by atoms with Crippen molar-refractivity contribution in [1.29, 1.82) is 0 Å². The molecule has 4 nitrogen and oxygen atoms in total. The van der Waals surface area contributed by atoms with Crippen molar-refractivity contribution >= 4 is 7.82 Å². The summed E-state index contributed by atoms with van der Waals surface area (Å²) in [5.41, 5.74) is -0.104. The maximum Gasteiger partial charge on any atom is 0.476 e. The highest BCUT2D eigenvalue weighted by Crippen LogP contribution is 2.61. The first-order chi connectivity index (χ1) is 8.70. The quantitative estimate of drug-likeness (QED) is 0.776. The average Bonchev–Trinajstić information content (AvgIpc) is 2.23. The summed E-state index contributed by atoms with van der Waals surface area (Å²) >= 11 is 0. The van der Waals surface area contributed by atoms with Crippen LogP contribution >= 0.6 is 7.82 Å². The number of rotatable bonds is 3. The van der Waals surface area contributed by atoms with Crippen molar-refractivity contribution in [2.75, 3.05) is 0 Å². The normalized spacial score (nSPS) is 24.0. The first-order valence-corrected chi connectivity index (χ1v) is 7.86. The highest BCUT2D eigenvalue weighted by Gasteiger charge is 2.48. The Kier molecular flexibility index (Phi) is 3.90. The van der Waals surface area contributed by atoms with Gasteiger partial charge in [0.1, 0.15) is 0 Å². The molecule has 0 unspecified atom stereocenters. The molecule has 0 radical (unpaired) electrons. The maximum atomic E-state index is 12.6. The van der Waals surface area contributed by atoms with Gasteiger partial charge in [-0.15, -0.1) is 0 Å². The molecule has 1 aromatic rings. The summed E-state index contributed by atoms with van der Waals surface area (Å²) in [5.74, 6) is 0. The van der Waals surface area contributed by atoms with Crippen LogP contribution in [0, 0.1) is 0 Å². The van der Waals surface area contributed by atoms with Crippen molar-refractivity contribution in [3.8, 4) is 0 Å². The van der Waals surface area contributed by atoms with E-state index in [9.17, 15) is 4.57 Å². The zero-order valence-corrected chi connectivity index (χ0v) is 12.8. The van der Waals surface area contributed by atoms with E-state index in [1.807, 2.05) is 58.0 Å². The van der Waals surface area contributed by atoms with E-state index in [0.717, 1.165) is 5.56 Å². The summed E-state index contributed by atoms with van der Waals surface area (Å²) in [5, 5.41) is 0. The van der Waals surface area contributed by atoms with Gasteiger partial charge in [0.2, 0.25) is 0 Å². The minimum atomic E-state index is -3.52. The second-order valence-corrected chi connectivity index (χ2v) is 7.60. The highest BCUT2D eigenvalue weighted by molar-refractivity contribution is 7.48. The molecule has 0 saturated carbocycles. The van der Waals surface area contributed by atoms with Crippen LogP contribution in [0.3, 0.4) is 0 Å². The molecule has 106 valence electrons. The number of phosphoric acid groups is 1. The maximum absolute atomic E-state index is 12.6. The Balaban J connectivity index is 2.08. The lowest BCUT2D eigenvalue weighted by Gasteiger charge is -2.43. The molecule has 1 saturated heterocycles. The molecule has 1 heterocycles. The summed E-state index contributed by atoms with van der Waals surface area (Å²) in [7, 11) is -3.52. The molecule has 0 aromatic heterocycles. The van der Waals surface area contributed by atoms with Crippen LogP contribution in [0.25, 0.3) is 0 Å². The number of benzene rings is 1. The fourth-order valence-corrected chi connectivity index (χ4v) is 4.28. The fourth-order valence-electron chi connectivity index (χ4n) is 2.49. The Hall–Kier alpha value is -0.670. The van der Waals surface area contributed by atoms with Crippen LogP contribution in [0.2, 0.25) is 0 Å². The van der Waals surface area contributed by atoms with Crippen LogP contribution in [-0.4, -0.2) is 11.2 Å². The van der Waals surface area contributed by atoms with Crippen molar-refractivity contribution in [2.45, 2.75) is 51.9 Å². The van der Waals surface area contributed by atoms with Crippen molar-refractivity contribution in [3.05, 3.63) is 35.9 Å². The Morgan fingerprint density at radius 1 is 1.11 bits per heavy atom. The standard InChI is InChI=1S/C14H21O4P/c1-13(2)11-14(3,4)18-19(15,17-13)16-10-12-8-6-5-7-9-12/h5-9H,10-11H2,1-4H3. The van der Waals surface area contributed by atoms with Gasteiger partial charge in [-0.1, -0.05) is 30.3 Å². The first-order valence-electron chi connectivity index (χ1n) is 6.40. The van der Waals surface area contributed by atoms with Gasteiger partial charge in [-0.05, 0) is 33.3 Å². The summed E-state index contributed by atoms with van der Waals surface area (Å²) in [6.07, 6.45) is 0.665. The van der Waals surface area contributed by atoms with Gasteiger partial charge >= 0.3 is 7.82 Å². The van der Waals surface area contributed by atoms with Gasteiger partial charge in [-0.2, -0.15) is 0 Å². The second kappa shape index (κ2) is 5.02. The molecular weight excluding hydrogens is 263 g/mol. The zero-order chi connectivity index (χ0) is 14.1. The average molecular weight is 284 g/mol. The van der Waals surface area contributed by atoms with Crippen molar-refractivity contribution in [2.24, 2.45) is 0 Å². The van der Waals surface area contributed by atoms with Crippen molar-refractivity contribution in [1.82, 2.24) is 0 Å².